The predicted octanol–water partition coefficient (Wildman–Crippen LogP) is 4.76. The van der Waals surface area contributed by atoms with Crippen LogP contribution in [0.2, 0.25) is 0 Å². The molecule has 0 amide bonds. The van der Waals surface area contributed by atoms with Gasteiger partial charge in [0.05, 0.1) is 17.8 Å². The molecule has 1 saturated heterocycles. The van der Waals surface area contributed by atoms with Gasteiger partial charge >= 0.3 is 0 Å². The summed E-state index contributed by atoms with van der Waals surface area (Å²) < 4.78 is 0. The van der Waals surface area contributed by atoms with Crippen LogP contribution < -0.4 is 5.32 Å². The number of rotatable bonds is 3. The van der Waals surface area contributed by atoms with Crippen LogP contribution >= 0.6 is 23.6 Å². The normalized spacial score (nSPS) is 25.0. The molecule has 5 heteroatoms. The first-order valence-electron chi connectivity index (χ1n) is 8.80. The molecule has 0 radical (unpaired) electrons. The van der Waals surface area contributed by atoms with Crippen molar-refractivity contribution in [3.63, 3.8) is 0 Å². The second-order valence-corrected chi connectivity index (χ2v) is 8.48. The molecule has 2 aromatic rings. The molecular formula is C19H23N3S2. The van der Waals surface area contributed by atoms with Crippen LogP contribution in [0, 0.1) is 6.92 Å². The van der Waals surface area contributed by atoms with Crippen LogP contribution in [0.1, 0.15) is 59.6 Å². The number of thiophene rings is 1. The van der Waals surface area contributed by atoms with E-state index in [0.29, 0.717) is 6.04 Å². The second-order valence-electron chi connectivity index (χ2n) is 6.77. The molecule has 0 aromatic carbocycles. The second kappa shape index (κ2) is 6.81. The highest BCUT2D eigenvalue weighted by atomic mass is 32.1. The van der Waals surface area contributed by atoms with Crippen molar-refractivity contribution in [1.29, 1.82) is 0 Å². The van der Waals surface area contributed by atoms with E-state index in [1.807, 2.05) is 23.6 Å². The fourth-order valence-electron chi connectivity index (χ4n) is 4.03. The van der Waals surface area contributed by atoms with Crippen LogP contribution in [0.15, 0.2) is 36.5 Å². The maximum atomic E-state index is 5.77. The summed E-state index contributed by atoms with van der Waals surface area (Å²) in [5, 5.41) is 4.47. The summed E-state index contributed by atoms with van der Waals surface area (Å²) in [6.45, 7) is 2.18. The van der Waals surface area contributed by atoms with Gasteiger partial charge in [0.2, 0.25) is 0 Å². The highest BCUT2D eigenvalue weighted by Crippen LogP contribution is 2.44. The lowest BCUT2D eigenvalue weighted by Gasteiger charge is -2.36. The van der Waals surface area contributed by atoms with E-state index in [-0.39, 0.29) is 12.1 Å². The molecule has 1 aliphatic heterocycles. The van der Waals surface area contributed by atoms with Crippen LogP contribution in [0.5, 0.6) is 0 Å². The Morgan fingerprint density at radius 2 is 2.00 bits per heavy atom. The average molecular weight is 358 g/mol. The highest BCUT2D eigenvalue weighted by molar-refractivity contribution is 7.80. The molecule has 1 aliphatic carbocycles. The zero-order chi connectivity index (χ0) is 16.5. The third-order valence-electron chi connectivity index (χ3n) is 5.16. The summed E-state index contributed by atoms with van der Waals surface area (Å²) in [6, 6.07) is 11.6. The van der Waals surface area contributed by atoms with E-state index in [2.05, 4.69) is 46.4 Å². The molecule has 3 heterocycles. The molecule has 2 atom stereocenters. The lowest BCUT2D eigenvalue weighted by Crippen LogP contribution is -2.40. The molecule has 2 fully saturated rings. The zero-order valence-electron chi connectivity index (χ0n) is 13.9. The van der Waals surface area contributed by atoms with Crippen LogP contribution in [-0.2, 0) is 0 Å². The van der Waals surface area contributed by atoms with Crippen molar-refractivity contribution in [2.24, 2.45) is 0 Å². The number of aromatic nitrogens is 1. The van der Waals surface area contributed by atoms with Crippen molar-refractivity contribution >= 4 is 28.7 Å². The monoisotopic (exact) mass is 357 g/mol. The van der Waals surface area contributed by atoms with Crippen LogP contribution in [-0.4, -0.2) is 21.0 Å². The SMILES string of the molecule is Cc1ccc([C@@H]2[C@@H](c3ccccn3)NC(=S)N2C2CCCCC2)s1. The third-order valence-corrected chi connectivity index (χ3v) is 6.56. The number of hydrogen-bond donors (Lipinski definition) is 1. The standard InChI is InChI=1S/C19H23N3S2/c1-13-10-11-16(24-13)18-17(15-9-5-6-12-20-15)21-19(23)22(18)14-7-3-2-4-8-14/h5-6,9-12,14,17-18H,2-4,7-8H2,1H3,(H,21,23)/t17-,18-/m1/s1. The van der Waals surface area contributed by atoms with Gasteiger partial charge in [-0.15, -0.1) is 11.3 Å². The Balaban J connectivity index is 1.73. The summed E-state index contributed by atoms with van der Waals surface area (Å²) >= 11 is 7.66. The van der Waals surface area contributed by atoms with Crippen molar-refractivity contribution in [3.05, 3.63) is 52.0 Å². The van der Waals surface area contributed by atoms with E-state index in [4.69, 9.17) is 12.2 Å². The fraction of sp³-hybridized carbons (Fsp3) is 0.474. The average Bonchev–Trinajstić information content (AvgIpc) is 3.19. The third kappa shape index (κ3) is 2.95. The molecule has 4 rings (SSSR count). The Kier molecular flexibility index (Phi) is 4.55. The maximum Gasteiger partial charge on any atom is 0.170 e. The minimum Gasteiger partial charge on any atom is -0.352 e. The van der Waals surface area contributed by atoms with Crippen molar-refractivity contribution in [3.8, 4) is 0 Å². The quantitative estimate of drug-likeness (QED) is 0.802. The molecule has 24 heavy (non-hydrogen) atoms. The lowest BCUT2D eigenvalue weighted by atomic mass is 9.92. The molecule has 2 aromatic heterocycles. The largest absolute Gasteiger partial charge is 0.352 e. The van der Waals surface area contributed by atoms with Gasteiger partial charge in [0.25, 0.3) is 0 Å². The molecule has 0 unspecified atom stereocenters. The van der Waals surface area contributed by atoms with E-state index in [0.717, 1.165) is 10.8 Å². The Morgan fingerprint density at radius 3 is 2.67 bits per heavy atom. The molecule has 0 spiro atoms. The van der Waals surface area contributed by atoms with E-state index in [9.17, 15) is 0 Å². The molecule has 126 valence electrons. The highest BCUT2D eigenvalue weighted by Gasteiger charge is 2.43. The molecule has 1 saturated carbocycles. The summed E-state index contributed by atoms with van der Waals surface area (Å²) in [6.07, 6.45) is 8.36. The van der Waals surface area contributed by atoms with E-state index >= 15 is 0 Å². The zero-order valence-corrected chi connectivity index (χ0v) is 15.6. The number of aryl methyl sites for hydroxylation is 1. The minimum absolute atomic E-state index is 0.138. The van der Waals surface area contributed by atoms with E-state index in [1.165, 1.54) is 41.9 Å². The summed E-state index contributed by atoms with van der Waals surface area (Å²) in [4.78, 5) is 9.84. The molecule has 0 bridgehead atoms. The minimum atomic E-state index is 0.138. The summed E-state index contributed by atoms with van der Waals surface area (Å²) in [5.74, 6) is 0. The van der Waals surface area contributed by atoms with Gasteiger partial charge < -0.3 is 10.2 Å². The van der Waals surface area contributed by atoms with Crippen LogP contribution in [0.4, 0.5) is 0 Å². The maximum absolute atomic E-state index is 5.77. The topological polar surface area (TPSA) is 28.2 Å². The van der Waals surface area contributed by atoms with Crippen LogP contribution in [0.3, 0.4) is 0 Å². The molecule has 2 aliphatic rings. The predicted molar refractivity (Wildman–Crippen MR) is 103 cm³/mol. The van der Waals surface area contributed by atoms with Crippen molar-refractivity contribution in [1.82, 2.24) is 15.2 Å². The van der Waals surface area contributed by atoms with Crippen molar-refractivity contribution < 1.29 is 0 Å². The number of pyridine rings is 1. The molecule has 1 N–H and O–H groups in total. The van der Waals surface area contributed by atoms with Gasteiger partial charge in [0.15, 0.2) is 5.11 Å². The molecular weight excluding hydrogens is 334 g/mol. The lowest BCUT2D eigenvalue weighted by molar-refractivity contribution is 0.199. The Bertz CT molecular complexity index is 706. The van der Waals surface area contributed by atoms with E-state index < -0.39 is 0 Å². The Hall–Kier alpha value is -1.46. The van der Waals surface area contributed by atoms with E-state index in [1.54, 1.807) is 0 Å². The first-order valence-corrected chi connectivity index (χ1v) is 10.0. The molecule has 3 nitrogen and oxygen atoms in total. The summed E-state index contributed by atoms with van der Waals surface area (Å²) in [7, 11) is 0. The number of nitrogens with zero attached hydrogens (tertiary/aromatic N) is 2. The Labute approximate surface area is 153 Å². The van der Waals surface area contributed by atoms with Gasteiger partial charge in [-0.25, -0.2) is 0 Å². The van der Waals surface area contributed by atoms with Gasteiger partial charge in [-0.3, -0.25) is 4.98 Å². The van der Waals surface area contributed by atoms with Crippen molar-refractivity contribution in [2.75, 3.05) is 0 Å². The van der Waals surface area contributed by atoms with Crippen LogP contribution in [0.25, 0.3) is 0 Å². The van der Waals surface area contributed by atoms with Gasteiger partial charge in [-0.05, 0) is 56.2 Å². The van der Waals surface area contributed by atoms with Gasteiger partial charge in [0, 0.05) is 22.0 Å². The number of nitrogens with one attached hydrogen (secondary N) is 1. The smallest absolute Gasteiger partial charge is 0.170 e. The van der Waals surface area contributed by atoms with Gasteiger partial charge in [-0.2, -0.15) is 0 Å². The van der Waals surface area contributed by atoms with Gasteiger partial charge in [-0.1, -0.05) is 25.3 Å². The first kappa shape index (κ1) is 16.0. The first-order chi connectivity index (χ1) is 11.7. The summed E-state index contributed by atoms with van der Waals surface area (Å²) in [5.41, 5.74) is 1.08. The fourth-order valence-corrected chi connectivity index (χ4v) is 5.44. The number of thiocarbonyl (C=S) groups is 1. The number of hydrogen-bond acceptors (Lipinski definition) is 3. The van der Waals surface area contributed by atoms with Gasteiger partial charge in [0.1, 0.15) is 0 Å². The Morgan fingerprint density at radius 1 is 1.17 bits per heavy atom. The van der Waals surface area contributed by atoms with Crippen molar-refractivity contribution in [2.45, 2.75) is 57.2 Å².